The zero-order valence-corrected chi connectivity index (χ0v) is 15.3. The van der Waals surface area contributed by atoms with Crippen LogP contribution < -0.4 is 10.6 Å². The Hall–Kier alpha value is -2.57. The molecule has 0 aromatic heterocycles. The Labute approximate surface area is 148 Å². The first-order valence-corrected chi connectivity index (χ1v) is 8.38. The molecule has 0 spiro atoms. The Bertz CT molecular complexity index is 607. The summed E-state index contributed by atoms with van der Waals surface area (Å²) in [7, 11) is 0. The Morgan fingerprint density at radius 2 is 1.64 bits per heavy atom. The number of aliphatic carboxylic acids is 1. The summed E-state index contributed by atoms with van der Waals surface area (Å²) < 4.78 is 0. The highest BCUT2D eigenvalue weighted by atomic mass is 16.4. The minimum Gasteiger partial charge on any atom is -0.481 e. The second-order valence-corrected chi connectivity index (χ2v) is 6.41. The summed E-state index contributed by atoms with van der Waals surface area (Å²) in [5.74, 6) is -0.945. The van der Waals surface area contributed by atoms with Crippen molar-refractivity contribution in [1.29, 1.82) is 0 Å². The van der Waals surface area contributed by atoms with Crippen molar-refractivity contribution in [2.75, 3.05) is 18.4 Å². The van der Waals surface area contributed by atoms with Gasteiger partial charge in [-0.3, -0.25) is 9.59 Å². The molecule has 7 nitrogen and oxygen atoms in total. The van der Waals surface area contributed by atoms with Crippen LogP contribution in [0.25, 0.3) is 0 Å². The Morgan fingerprint density at radius 1 is 1.08 bits per heavy atom. The van der Waals surface area contributed by atoms with Gasteiger partial charge in [-0.1, -0.05) is 0 Å². The molecule has 0 radical (unpaired) electrons. The number of urea groups is 1. The summed E-state index contributed by atoms with van der Waals surface area (Å²) in [5.41, 5.74) is 0.486. The SMILES string of the molecule is CCN(CC)C(=O)c1ccc(NC(=O)NC(C)(C)CCC(=O)O)cc1. The van der Waals surface area contributed by atoms with E-state index in [1.54, 1.807) is 43.0 Å². The smallest absolute Gasteiger partial charge is 0.319 e. The Balaban J connectivity index is 2.64. The maximum absolute atomic E-state index is 12.2. The summed E-state index contributed by atoms with van der Waals surface area (Å²) in [5, 5.41) is 14.2. The van der Waals surface area contributed by atoms with Crippen LogP contribution in [0.1, 0.15) is 50.9 Å². The van der Waals surface area contributed by atoms with Crippen LogP contribution in [0.4, 0.5) is 10.5 Å². The molecule has 0 aliphatic carbocycles. The molecule has 0 aliphatic rings. The molecule has 0 bridgehead atoms. The van der Waals surface area contributed by atoms with Gasteiger partial charge in [-0.15, -0.1) is 0 Å². The molecule has 0 aliphatic heterocycles. The Kier molecular flexibility index (Phi) is 7.42. The second-order valence-electron chi connectivity index (χ2n) is 6.41. The van der Waals surface area contributed by atoms with Gasteiger partial charge in [0.1, 0.15) is 0 Å². The predicted octanol–water partition coefficient (Wildman–Crippen LogP) is 2.93. The van der Waals surface area contributed by atoms with E-state index in [9.17, 15) is 14.4 Å². The van der Waals surface area contributed by atoms with Crippen molar-refractivity contribution in [3.8, 4) is 0 Å². The van der Waals surface area contributed by atoms with Gasteiger partial charge < -0.3 is 20.6 Å². The molecular formula is C18H27N3O4. The topological polar surface area (TPSA) is 98.7 Å². The third kappa shape index (κ3) is 6.82. The number of anilines is 1. The number of amides is 3. The summed E-state index contributed by atoms with van der Waals surface area (Å²) in [4.78, 5) is 36.6. The maximum atomic E-state index is 12.2. The fourth-order valence-corrected chi connectivity index (χ4v) is 2.34. The maximum Gasteiger partial charge on any atom is 0.319 e. The molecule has 1 aromatic rings. The largest absolute Gasteiger partial charge is 0.481 e. The molecule has 7 heteroatoms. The molecule has 1 rings (SSSR count). The summed E-state index contributed by atoms with van der Waals surface area (Å²) in [6, 6.07) is 6.26. The molecule has 0 unspecified atom stereocenters. The van der Waals surface area contributed by atoms with E-state index in [0.717, 1.165) is 0 Å². The summed E-state index contributed by atoms with van der Waals surface area (Å²) in [6.07, 6.45) is 0.308. The van der Waals surface area contributed by atoms with Gasteiger partial charge in [0.2, 0.25) is 0 Å². The van der Waals surface area contributed by atoms with Gasteiger partial charge in [0, 0.05) is 36.3 Å². The minimum absolute atomic E-state index is 0.0184. The van der Waals surface area contributed by atoms with E-state index in [-0.39, 0.29) is 12.3 Å². The van der Waals surface area contributed by atoms with Crippen molar-refractivity contribution < 1.29 is 19.5 Å². The summed E-state index contributed by atoms with van der Waals surface area (Å²) in [6.45, 7) is 8.66. The molecule has 25 heavy (non-hydrogen) atoms. The van der Waals surface area contributed by atoms with Crippen LogP contribution in [0.2, 0.25) is 0 Å². The van der Waals surface area contributed by atoms with Crippen LogP contribution in [-0.2, 0) is 4.79 Å². The van der Waals surface area contributed by atoms with Gasteiger partial charge in [0.05, 0.1) is 0 Å². The molecule has 1 aromatic carbocycles. The molecule has 3 amide bonds. The molecule has 138 valence electrons. The average Bonchev–Trinajstić information content (AvgIpc) is 2.54. The monoisotopic (exact) mass is 349 g/mol. The highest BCUT2D eigenvalue weighted by Crippen LogP contribution is 2.14. The zero-order chi connectivity index (χ0) is 19.0. The van der Waals surface area contributed by atoms with Gasteiger partial charge in [-0.25, -0.2) is 4.79 Å². The molecule has 3 N–H and O–H groups in total. The lowest BCUT2D eigenvalue weighted by Gasteiger charge is -2.25. The quantitative estimate of drug-likeness (QED) is 0.672. The number of carboxylic acid groups (broad SMARTS) is 1. The fraction of sp³-hybridized carbons (Fsp3) is 0.500. The normalized spacial score (nSPS) is 10.9. The number of carbonyl (C=O) groups excluding carboxylic acids is 2. The van der Waals surface area contributed by atoms with Crippen LogP contribution in [0, 0.1) is 0 Å². The third-order valence-corrected chi connectivity index (χ3v) is 3.86. The lowest BCUT2D eigenvalue weighted by atomic mass is 9.99. The van der Waals surface area contributed by atoms with Crippen LogP contribution in [0.5, 0.6) is 0 Å². The number of rotatable bonds is 8. The molecule has 0 fully saturated rings. The fourth-order valence-electron chi connectivity index (χ4n) is 2.34. The van der Waals surface area contributed by atoms with Crippen molar-refractivity contribution in [1.82, 2.24) is 10.2 Å². The van der Waals surface area contributed by atoms with Crippen molar-refractivity contribution in [3.63, 3.8) is 0 Å². The molecule has 0 heterocycles. The number of hydrogen-bond donors (Lipinski definition) is 3. The first kappa shape index (κ1) is 20.5. The second kappa shape index (κ2) is 9.05. The van der Waals surface area contributed by atoms with E-state index < -0.39 is 17.5 Å². The van der Waals surface area contributed by atoms with E-state index in [4.69, 9.17) is 5.11 Å². The minimum atomic E-state index is -0.899. The lowest BCUT2D eigenvalue weighted by molar-refractivity contribution is -0.137. The molecule has 0 atom stereocenters. The van der Waals surface area contributed by atoms with Gasteiger partial charge in [-0.2, -0.15) is 0 Å². The van der Waals surface area contributed by atoms with Crippen molar-refractivity contribution in [3.05, 3.63) is 29.8 Å². The first-order valence-electron chi connectivity index (χ1n) is 8.38. The highest BCUT2D eigenvalue weighted by molar-refractivity contribution is 5.95. The zero-order valence-electron chi connectivity index (χ0n) is 15.3. The third-order valence-electron chi connectivity index (χ3n) is 3.86. The van der Waals surface area contributed by atoms with Gasteiger partial charge in [0.15, 0.2) is 0 Å². The van der Waals surface area contributed by atoms with Gasteiger partial charge in [-0.05, 0) is 58.4 Å². The number of hydrogen-bond acceptors (Lipinski definition) is 3. The first-order chi connectivity index (χ1) is 11.7. The van der Waals surface area contributed by atoms with Crippen LogP contribution in [-0.4, -0.2) is 46.5 Å². The molecule has 0 saturated carbocycles. The molecular weight excluding hydrogens is 322 g/mol. The average molecular weight is 349 g/mol. The van der Waals surface area contributed by atoms with E-state index in [0.29, 0.717) is 30.8 Å². The number of nitrogens with one attached hydrogen (secondary N) is 2. The molecule has 0 saturated heterocycles. The van der Waals surface area contributed by atoms with Crippen LogP contribution >= 0.6 is 0 Å². The summed E-state index contributed by atoms with van der Waals surface area (Å²) >= 11 is 0. The van der Waals surface area contributed by atoms with Crippen molar-refractivity contribution >= 4 is 23.6 Å². The van der Waals surface area contributed by atoms with Gasteiger partial charge >= 0.3 is 12.0 Å². The van der Waals surface area contributed by atoms with Crippen LogP contribution in [0.15, 0.2) is 24.3 Å². The number of carboxylic acids is 1. The predicted molar refractivity (Wildman–Crippen MR) is 96.8 cm³/mol. The van der Waals surface area contributed by atoms with E-state index >= 15 is 0 Å². The number of nitrogens with zero attached hydrogens (tertiary/aromatic N) is 1. The highest BCUT2D eigenvalue weighted by Gasteiger charge is 2.21. The standard InChI is InChI=1S/C18H27N3O4/c1-5-21(6-2)16(24)13-7-9-14(10-8-13)19-17(25)20-18(3,4)12-11-15(22)23/h7-10H,5-6,11-12H2,1-4H3,(H,22,23)(H2,19,20,25). The number of carbonyl (C=O) groups is 3. The van der Waals surface area contributed by atoms with Gasteiger partial charge in [0.25, 0.3) is 5.91 Å². The lowest BCUT2D eigenvalue weighted by Crippen LogP contribution is -2.45. The van der Waals surface area contributed by atoms with Crippen molar-refractivity contribution in [2.45, 2.75) is 46.1 Å². The van der Waals surface area contributed by atoms with E-state index in [2.05, 4.69) is 10.6 Å². The Morgan fingerprint density at radius 3 is 2.12 bits per heavy atom. The van der Waals surface area contributed by atoms with Crippen molar-refractivity contribution in [2.24, 2.45) is 0 Å². The van der Waals surface area contributed by atoms with E-state index in [1.807, 2.05) is 13.8 Å². The van der Waals surface area contributed by atoms with E-state index in [1.165, 1.54) is 0 Å². The van der Waals surface area contributed by atoms with Crippen LogP contribution in [0.3, 0.4) is 0 Å². The number of benzene rings is 1.